The normalized spacial score (nSPS) is 11.1. The summed E-state index contributed by atoms with van der Waals surface area (Å²) in [6.07, 6.45) is 1.65. The van der Waals surface area contributed by atoms with E-state index >= 15 is 0 Å². The van der Waals surface area contributed by atoms with Crippen molar-refractivity contribution in [1.29, 1.82) is 0 Å². The molecule has 0 aliphatic carbocycles. The summed E-state index contributed by atoms with van der Waals surface area (Å²) in [5.74, 6) is 0.968. The number of carbonyl (C=O) groups excluding carboxylic acids is 1. The van der Waals surface area contributed by atoms with Gasteiger partial charge in [-0.15, -0.1) is 0 Å². The van der Waals surface area contributed by atoms with E-state index in [1.807, 2.05) is 42.5 Å². The number of halogens is 1. The number of nitrogens with one attached hydrogen (secondary N) is 1. The predicted octanol–water partition coefficient (Wildman–Crippen LogP) is 5.59. The van der Waals surface area contributed by atoms with Crippen molar-refractivity contribution in [2.24, 2.45) is 0 Å². The van der Waals surface area contributed by atoms with E-state index < -0.39 is 5.97 Å². The molecule has 4 aromatic rings. The van der Waals surface area contributed by atoms with Gasteiger partial charge < -0.3 is 19.2 Å². The summed E-state index contributed by atoms with van der Waals surface area (Å²) in [4.78, 5) is 20.1. The Morgan fingerprint density at radius 2 is 1.86 bits per heavy atom. The Bertz CT molecular complexity index is 1190. The number of rotatable bonds is 6. The Hall–Kier alpha value is -2.90. The quantitative estimate of drug-likeness (QED) is 0.384. The lowest BCUT2D eigenvalue weighted by Crippen LogP contribution is -2.11. The lowest BCUT2D eigenvalue weighted by molar-refractivity contribution is 0.0514. The average molecular weight is 455 g/mol. The minimum absolute atomic E-state index is 0.239. The fourth-order valence-electron chi connectivity index (χ4n) is 3.30. The molecule has 0 atom stereocenters. The third-order valence-electron chi connectivity index (χ3n) is 4.52. The number of aromatic nitrogens is 2. The molecule has 4 rings (SSSR count). The SMILES string of the molecule is CCOC(=O)c1ncc2[nH]c3ccc(Oc4ccc(Br)cc4)cc3c2c1COC. The van der Waals surface area contributed by atoms with Gasteiger partial charge in [0.15, 0.2) is 5.69 Å². The number of fused-ring (bicyclic) bond motifs is 3. The van der Waals surface area contributed by atoms with Gasteiger partial charge in [0, 0.05) is 33.4 Å². The van der Waals surface area contributed by atoms with Gasteiger partial charge in [-0.05, 0) is 49.4 Å². The summed E-state index contributed by atoms with van der Waals surface area (Å²) >= 11 is 3.42. The Labute approximate surface area is 175 Å². The highest BCUT2D eigenvalue weighted by atomic mass is 79.9. The number of esters is 1. The maximum Gasteiger partial charge on any atom is 0.357 e. The van der Waals surface area contributed by atoms with E-state index in [9.17, 15) is 4.79 Å². The Balaban J connectivity index is 1.85. The number of carbonyl (C=O) groups is 1. The van der Waals surface area contributed by atoms with Crippen LogP contribution in [0.2, 0.25) is 0 Å². The molecule has 0 unspecified atom stereocenters. The van der Waals surface area contributed by atoms with Crippen LogP contribution in [-0.4, -0.2) is 29.7 Å². The molecule has 2 aromatic carbocycles. The molecular weight excluding hydrogens is 436 g/mol. The molecule has 2 heterocycles. The van der Waals surface area contributed by atoms with E-state index in [1.165, 1.54) is 0 Å². The van der Waals surface area contributed by atoms with E-state index in [0.717, 1.165) is 32.0 Å². The molecule has 1 N–H and O–H groups in total. The number of benzene rings is 2. The first-order valence-corrected chi connectivity index (χ1v) is 9.92. The van der Waals surface area contributed by atoms with Crippen LogP contribution in [0, 0.1) is 0 Å². The molecule has 0 aliphatic heterocycles. The second kappa shape index (κ2) is 8.23. The first-order chi connectivity index (χ1) is 14.1. The second-order valence-corrected chi connectivity index (χ2v) is 7.33. The number of nitrogens with zero attached hydrogens (tertiary/aromatic N) is 1. The van der Waals surface area contributed by atoms with Crippen molar-refractivity contribution in [1.82, 2.24) is 9.97 Å². The molecule has 6 nitrogen and oxygen atoms in total. The number of methoxy groups -OCH3 is 1. The number of aromatic amines is 1. The fraction of sp³-hybridized carbons (Fsp3) is 0.182. The Kier molecular flexibility index (Phi) is 5.51. The zero-order chi connectivity index (χ0) is 20.4. The van der Waals surface area contributed by atoms with E-state index in [0.29, 0.717) is 11.3 Å². The molecule has 0 fully saturated rings. The average Bonchev–Trinajstić information content (AvgIpc) is 3.08. The van der Waals surface area contributed by atoms with Gasteiger partial charge in [-0.3, -0.25) is 0 Å². The van der Waals surface area contributed by atoms with Gasteiger partial charge in [0.25, 0.3) is 0 Å². The molecule has 7 heteroatoms. The molecule has 0 aliphatic rings. The van der Waals surface area contributed by atoms with Crippen LogP contribution in [0.25, 0.3) is 21.8 Å². The molecule has 0 amide bonds. The van der Waals surface area contributed by atoms with Crippen LogP contribution in [0.4, 0.5) is 0 Å². The molecule has 0 spiro atoms. The van der Waals surface area contributed by atoms with Crippen LogP contribution in [0.5, 0.6) is 11.5 Å². The van der Waals surface area contributed by atoms with Crippen molar-refractivity contribution in [2.75, 3.05) is 13.7 Å². The standard InChI is InChI=1S/C22H19BrN2O4/c1-3-28-22(26)21-17(12-27-2)20-16-10-15(29-14-6-4-13(23)5-7-14)8-9-18(16)25-19(20)11-24-21/h4-11,25H,3,12H2,1-2H3. The molecule has 0 bridgehead atoms. The van der Waals surface area contributed by atoms with Crippen molar-refractivity contribution in [3.63, 3.8) is 0 Å². The maximum atomic E-state index is 12.4. The maximum absolute atomic E-state index is 12.4. The first-order valence-electron chi connectivity index (χ1n) is 9.13. The van der Waals surface area contributed by atoms with Gasteiger partial charge in [-0.2, -0.15) is 0 Å². The van der Waals surface area contributed by atoms with Crippen LogP contribution in [0.15, 0.2) is 53.1 Å². The summed E-state index contributed by atoms with van der Waals surface area (Å²) in [7, 11) is 1.59. The number of hydrogen-bond donors (Lipinski definition) is 1. The monoisotopic (exact) mass is 454 g/mol. The van der Waals surface area contributed by atoms with Crippen molar-refractivity contribution in [3.05, 3.63) is 64.4 Å². The van der Waals surface area contributed by atoms with Gasteiger partial charge in [-0.1, -0.05) is 15.9 Å². The number of H-pyrrole nitrogens is 1. The van der Waals surface area contributed by atoms with Gasteiger partial charge in [0.2, 0.25) is 0 Å². The van der Waals surface area contributed by atoms with Crippen molar-refractivity contribution < 1.29 is 19.0 Å². The molecule has 0 saturated heterocycles. The molecule has 29 heavy (non-hydrogen) atoms. The third kappa shape index (κ3) is 3.83. The summed E-state index contributed by atoms with van der Waals surface area (Å²) in [5.41, 5.74) is 2.70. The van der Waals surface area contributed by atoms with Crippen LogP contribution < -0.4 is 4.74 Å². The Morgan fingerprint density at radius 1 is 1.10 bits per heavy atom. The summed E-state index contributed by atoms with van der Waals surface area (Å²) in [6.45, 7) is 2.29. The fourth-order valence-corrected chi connectivity index (χ4v) is 3.57. The zero-order valence-electron chi connectivity index (χ0n) is 16.0. The highest BCUT2D eigenvalue weighted by Crippen LogP contribution is 2.34. The Morgan fingerprint density at radius 3 is 2.59 bits per heavy atom. The van der Waals surface area contributed by atoms with Gasteiger partial charge in [0.05, 0.1) is 24.9 Å². The van der Waals surface area contributed by atoms with Gasteiger partial charge in [0.1, 0.15) is 11.5 Å². The van der Waals surface area contributed by atoms with E-state index in [4.69, 9.17) is 14.2 Å². The first kappa shape index (κ1) is 19.4. The minimum Gasteiger partial charge on any atom is -0.461 e. The lowest BCUT2D eigenvalue weighted by atomic mass is 10.1. The van der Waals surface area contributed by atoms with E-state index in [2.05, 4.69) is 25.9 Å². The van der Waals surface area contributed by atoms with Gasteiger partial charge >= 0.3 is 5.97 Å². The number of hydrogen-bond acceptors (Lipinski definition) is 5. The van der Waals surface area contributed by atoms with Crippen LogP contribution in [0.1, 0.15) is 23.0 Å². The van der Waals surface area contributed by atoms with Crippen LogP contribution in [-0.2, 0) is 16.1 Å². The molecule has 0 saturated carbocycles. The molecule has 0 radical (unpaired) electrons. The number of pyridine rings is 1. The van der Waals surface area contributed by atoms with Gasteiger partial charge in [-0.25, -0.2) is 9.78 Å². The highest BCUT2D eigenvalue weighted by molar-refractivity contribution is 9.10. The topological polar surface area (TPSA) is 73.4 Å². The van der Waals surface area contributed by atoms with E-state index in [1.54, 1.807) is 20.2 Å². The zero-order valence-corrected chi connectivity index (χ0v) is 17.6. The van der Waals surface area contributed by atoms with E-state index in [-0.39, 0.29) is 18.9 Å². The van der Waals surface area contributed by atoms with Crippen molar-refractivity contribution in [3.8, 4) is 11.5 Å². The summed E-state index contributed by atoms with van der Waals surface area (Å²) < 4.78 is 17.5. The number of ether oxygens (including phenoxy) is 3. The van der Waals surface area contributed by atoms with Crippen molar-refractivity contribution >= 4 is 43.7 Å². The molecular formula is C22H19BrN2O4. The minimum atomic E-state index is -0.460. The second-order valence-electron chi connectivity index (χ2n) is 6.42. The smallest absolute Gasteiger partial charge is 0.357 e. The lowest BCUT2D eigenvalue weighted by Gasteiger charge is -2.10. The largest absolute Gasteiger partial charge is 0.461 e. The van der Waals surface area contributed by atoms with Crippen molar-refractivity contribution in [2.45, 2.75) is 13.5 Å². The van der Waals surface area contributed by atoms with Crippen LogP contribution in [0.3, 0.4) is 0 Å². The van der Waals surface area contributed by atoms with Crippen LogP contribution >= 0.6 is 15.9 Å². The molecule has 2 aromatic heterocycles. The summed E-state index contributed by atoms with van der Waals surface area (Å²) in [5, 5.41) is 1.80. The summed E-state index contributed by atoms with van der Waals surface area (Å²) in [6, 6.07) is 13.4. The molecule has 148 valence electrons. The predicted molar refractivity (Wildman–Crippen MR) is 114 cm³/mol. The third-order valence-corrected chi connectivity index (χ3v) is 5.04. The highest BCUT2D eigenvalue weighted by Gasteiger charge is 2.20.